The first kappa shape index (κ1) is 23.3. The quantitative estimate of drug-likeness (QED) is 0.559. The third-order valence-corrected chi connectivity index (χ3v) is 9.45. The minimum Gasteiger partial charge on any atom is -0.391 e. The third kappa shape index (κ3) is 4.74. The Morgan fingerprint density at radius 3 is 2.47 bits per heavy atom. The number of aliphatic hydroxyl groups is 1. The molecule has 1 aliphatic heterocycles. The Hall–Kier alpha value is -1.41. The van der Waals surface area contributed by atoms with Gasteiger partial charge >= 0.3 is 0 Å². The van der Waals surface area contributed by atoms with Crippen molar-refractivity contribution in [3.63, 3.8) is 0 Å². The van der Waals surface area contributed by atoms with Crippen LogP contribution in [0.15, 0.2) is 12.7 Å². The summed E-state index contributed by atoms with van der Waals surface area (Å²) < 4.78 is 24.7. The number of carbonyl (C=O) groups excluding carboxylic acids is 2. The van der Waals surface area contributed by atoms with Gasteiger partial charge in [-0.15, -0.1) is 6.58 Å². The fourth-order valence-corrected chi connectivity index (χ4v) is 6.14. The fraction of sp³-hybridized carbons (Fsp3) is 0.818. The Bertz CT molecular complexity index is 814. The zero-order valence-electron chi connectivity index (χ0n) is 18.6. The minimum absolute atomic E-state index is 0.0276. The highest BCUT2D eigenvalue weighted by molar-refractivity contribution is 7.92. The van der Waals surface area contributed by atoms with Gasteiger partial charge in [0.15, 0.2) is 9.84 Å². The number of likely N-dealkylation sites (tertiary alicyclic amines) is 1. The van der Waals surface area contributed by atoms with E-state index in [1.54, 1.807) is 6.08 Å². The topological polar surface area (TPSA) is 104 Å². The van der Waals surface area contributed by atoms with Crippen molar-refractivity contribution in [2.24, 2.45) is 17.3 Å². The van der Waals surface area contributed by atoms with Crippen molar-refractivity contribution < 1.29 is 23.1 Å². The molecule has 8 heteroatoms. The van der Waals surface area contributed by atoms with E-state index in [0.717, 1.165) is 12.8 Å². The van der Waals surface area contributed by atoms with Gasteiger partial charge in [0, 0.05) is 30.3 Å². The molecule has 3 aliphatic rings. The van der Waals surface area contributed by atoms with E-state index >= 15 is 0 Å². The number of amides is 2. The molecule has 1 heterocycles. The van der Waals surface area contributed by atoms with Gasteiger partial charge in [0.2, 0.25) is 11.8 Å². The van der Waals surface area contributed by atoms with Crippen LogP contribution in [0.2, 0.25) is 0 Å². The van der Waals surface area contributed by atoms with Crippen LogP contribution in [0.4, 0.5) is 0 Å². The molecule has 170 valence electrons. The van der Waals surface area contributed by atoms with Gasteiger partial charge in [-0.3, -0.25) is 9.59 Å². The summed E-state index contributed by atoms with van der Waals surface area (Å²) in [6.45, 7) is 11.7. The maximum absolute atomic E-state index is 13.2. The average Bonchev–Trinajstić information content (AvgIpc) is 3.56. The second-order valence-electron chi connectivity index (χ2n) is 10.5. The van der Waals surface area contributed by atoms with Crippen LogP contribution in [0.3, 0.4) is 0 Å². The predicted molar refractivity (Wildman–Crippen MR) is 115 cm³/mol. The van der Waals surface area contributed by atoms with Crippen LogP contribution >= 0.6 is 0 Å². The van der Waals surface area contributed by atoms with Gasteiger partial charge in [0.05, 0.1) is 17.1 Å². The molecule has 0 radical (unpaired) electrons. The first-order chi connectivity index (χ1) is 13.8. The number of aliphatic hydroxyl groups excluding tert-OH is 1. The summed E-state index contributed by atoms with van der Waals surface area (Å²) in [6.07, 6.45) is 3.70. The average molecular weight is 441 g/mol. The van der Waals surface area contributed by atoms with Crippen molar-refractivity contribution in [3.05, 3.63) is 12.7 Å². The minimum atomic E-state index is -3.12. The second kappa shape index (κ2) is 7.93. The van der Waals surface area contributed by atoms with Gasteiger partial charge < -0.3 is 15.3 Å². The predicted octanol–water partition coefficient (Wildman–Crippen LogP) is 1.66. The standard InChI is InChI=1S/C22H36N2O5S/c1-6-15-12-22(15,9-10-30(28,29)17-7-8-17)23-19(26)18-11-16(25)13-24(18)20(27)14(2)21(3,4)5/h6,14-18,25H,1,7-13H2,2-5H3,(H,23,26)/t14-,15-,16-,18+,22-/m1/s1. The largest absolute Gasteiger partial charge is 0.391 e. The molecule has 0 unspecified atom stereocenters. The first-order valence-electron chi connectivity index (χ1n) is 11.0. The molecule has 7 nitrogen and oxygen atoms in total. The maximum atomic E-state index is 13.2. The zero-order valence-corrected chi connectivity index (χ0v) is 19.4. The molecule has 0 spiro atoms. The molecule has 0 aromatic carbocycles. The van der Waals surface area contributed by atoms with Crippen molar-refractivity contribution in [1.82, 2.24) is 10.2 Å². The molecular formula is C22H36N2O5S. The highest BCUT2D eigenvalue weighted by atomic mass is 32.2. The van der Waals surface area contributed by atoms with E-state index < -0.39 is 27.5 Å². The number of hydrogen-bond donors (Lipinski definition) is 2. The van der Waals surface area contributed by atoms with Gasteiger partial charge in [-0.05, 0) is 31.1 Å². The fourth-order valence-electron chi connectivity index (χ4n) is 4.31. The van der Waals surface area contributed by atoms with E-state index in [0.29, 0.717) is 12.8 Å². The van der Waals surface area contributed by atoms with Crippen LogP contribution in [-0.4, -0.2) is 65.5 Å². The van der Waals surface area contributed by atoms with Crippen LogP contribution in [0.1, 0.15) is 59.8 Å². The molecule has 3 rings (SSSR count). The van der Waals surface area contributed by atoms with Gasteiger partial charge in [0.1, 0.15) is 6.04 Å². The lowest BCUT2D eigenvalue weighted by Crippen LogP contribution is -2.52. The van der Waals surface area contributed by atoms with E-state index in [2.05, 4.69) is 11.9 Å². The molecule has 0 aromatic rings. The maximum Gasteiger partial charge on any atom is 0.243 e. The molecule has 2 N–H and O–H groups in total. The second-order valence-corrected chi connectivity index (χ2v) is 12.9. The van der Waals surface area contributed by atoms with Gasteiger partial charge in [-0.25, -0.2) is 8.42 Å². The lowest BCUT2D eigenvalue weighted by Gasteiger charge is -2.33. The van der Waals surface area contributed by atoms with Crippen molar-refractivity contribution in [2.45, 2.75) is 82.7 Å². The van der Waals surface area contributed by atoms with E-state index in [4.69, 9.17) is 0 Å². The molecule has 2 saturated carbocycles. The lowest BCUT2D eigenvalue weighted by atomic mass is 9.81. The Kier molecular flexibility index (Phi) is 6.15. The van der Waals surface area contributed by atoms with Crippen LogP contribution in [-0.2, 0) is 19.4 Å². The molecule has 3 fully saturated rings. The smallest absolute Gasteiger partial charge is 0.243 e. The summed E-state index contributed by atoms with van der Waals surface area (Å²) in [5, 5.41) is 13.0. The molecule has 1 saturated heterocycles. The number of nitrogens with one attached hydrogen (secondary N) is 1. The number of β-amino-alcohol motifs (C(OH)–C–C–N with tert-alkyl or cyclic N) is 1. The van der Waals surface area contributed by atoms with Crippen molar-refractivity contribution >= 4 is 21.7 Å². The molecule has 30 heavy (non-hydrogen) atoms. The molecule has 2 amide bonds. The zero-order chi connectivity index (χ0) is 22.5. The number of sulfone groups is 1. The van der Waals surface area contributed by atoms with E-state index in [9.17, 15) is 23.1 Å². The van der Waals surface area contributed by atoms with Crippen molar-refractivity contribution in [2.75, 3.05) is 12.3 Å². The van der Waals surface area contributed by atoms with E-state index in [-0.39, 0.29) is 53.0 Å². The Labute approximate surface area is 180 Å². The first-order valence-corrected chi connectivity index (χ1v) is 12.7. The highest BCUT2D eigenvalue weighted by Crippen LogP contribution is 2.48. The summed E-state index contributed by atoms with van der Waals surface area (Å²) in [4.78, 5) is 27.7. The number of nitrogens with zero attached hydrogens (tertiary/aromatic N) is 1. The summed E-state index contributed by atoms with van der Waals surface area (Å²) in [5.41, 5.74) is -0.868. The van der Waals surface area contributed by atoms with Crippen LogP contribution in [0, 0.1) is 17.3 Å². The van der Waals surface area contributed by atoms with Crippen LogP contribution < -0.4 is 5.32 Å². The summed E-state index contributed by atoms with van der Waals surface area (Å²) in [5.74, 6) is -0.661. The van der Waals surface area contributed by atoms with Crippen molar-refractivity contribution in [1.29, 1.82) is 0 Å². The number of hydrogen-bond acceptors (Lipinski definition) is 5. The summed E-state index contributed by atoms with van der Waals surface area (Å²) in [6, 6.07) is -0.736. The van der Waals surface area contributed by atoms with Crippen molar-refractivity contribution in [3.8, 4) is 0 Å². The van der Waals surface area contributed by atoms with Gasteiger partial charge in [0.25, 0.3) is 0 Å². The van der Waals surface area contributed by atoms with Crippen LogP contribution in [0.5, 0.6) is 0 Å². The Morgan fingerprint density at radius 2 is 1.97 bits per heavy atom. The molecule has 5 atom stereocenters. The number of carbonyl (C=O) groups is 2. The van der Waals surface area contributed by atoms with Crippen LogP contribution in [0.25, 0.3) is 0 Å². The highest BCUT2D eigenvalue weighted by Gasteiger charge is 2.55. The molecule has 2 aliphatic carbocycles. The van der Waals surface area contributed by atoms with Gasteiger partial charge in [-0.2, -0.15) is 0 Å². The third-order valence-electron chi connectivity index (χ3n) is 7.19. The monoisotopic (exact) mass is 440 g/mol. The molecule has 0 bridgehead atoms. The lowest BCUT2D eigenvalue weighted by molar-refractivity contribution is -0.144. The molecular weight excluding hydrogens is 404 g/mol. The van der Waals surface area contributed by atoms with E-state index in [1.807, 2.05) is 27.7 Å². The Balaban J connectivity index is 1.70. The summed E-state index contributed by atoms with van der Waals surface area (Å²) >= 11 is 0. The van der Waals surface area contributed by atoms with Gasteiger partial charge in [-0.1, -0.05) is 33.8 Å². The molecule has 0 aromatic heterocycles. The Morgan fingerprint density at radius 1 is 1.33 bits per heavy atom. The normalized spacial score (nSPS) is 32.6. The number of rotatable bonds is 8. The summed E-state index contributed by atoms with van der Waals surface area (Å²) in [7, 11) is -3.12. The SMILES string of the molecule is C=C[C@@H]1C[C@@]1(CCS(=O)(=O)C1CC1)NC(=O)[C@@H]1C[C@@H](O)CN1C(=O)[C@@H](C)C(C)(C)C. The van der Waals surface area contributed by atoms with E-state index in [1.165, 1.54) is 4.90 Å².